The summed E-state index contributed by atoms with van der Waals surface area (Å²) >= 11 is 1.59. The first-order chi connectivity index (χ1) is 12.8. The number of anilines is 1. The maximum atomic E-state index is 8.21. The topological polar surface area (TPSA) is 39.1 Å². The Morgan fingerprint density at radius 1 is 1.04 bits per heavy atom. The average molecular weight is 362 g/mol. The van der Waals surface area contributed by atoms with Crippen molar-refractivity contribution < 1.29 is 0 Å². The number of nitrogens with zero attached hydrogens (tertiary/aromatic N) is 1. The number of amidine groups is 1. The molecule has 1 aliphatic heterocycles. The number of hydrogen-bond acceptors (Lipinski definition) is 3. The van der Waals surface area contributed by atoms with E-state index in [1.54, 1.807) is 11.3 Å². The lowest BCUT2D eigenvalue weighted by atomic mass is 9.98. The van der Waals surface area contributed by atoms with Crippen LogP contribution < -0.4 is 5.32 Å². The molecule has 0 saturated heterocycles. The third kappa shape index (κ3) is 4.03. The highest BCUT2D eigenvalue weighted by molar-refractivity contribution is 7.12. The van der Waals surface area contributed by atoms with Crippen LogP contribution in [0, 0.1) is 5.41 Å². The molecule has 2 N–H and O–H groups in total. The molecule has 1 aliphatic rings. The molecule has 0 amide bonds. The van der Waals surface area contributed by atoms with E-state index in [2.05, 4.69) is 58.7 Å². The van der Waals surface area contributed by atoms with Crippen molar-refractivity contribution >= 4 is 22.9 Å². The van der Waals surface area contributed by atoms with E-state index in [0.717, 1.165) is 43.0 Å². The van der Waals surface area contributed by atoms with Crippen molar-refractivity contribution in [2.24, 2.45) is 0 Å². The zero-order valence-electron chi connectivity index (χ0n) is 14.7. The van der Waals surface area contributed by atoms with Gasteiger partial charge in [0.15, 0.2) is 0 Å². The smallest absolute Gasteiger partial charge is 0.140 e. The summed E-state index contributed by atoms with van der Waals surface area (Å²) in [6.45, 7) is 3.20. The summed E-state index contributed by atoms with van der Waals surface area (Å²) in [5.74, 6) is 0.469. The van der Waals surface area contributed by atoms with Gasteiger partial charge in [-0.25, -0.2) is 0 Å². The van der Waals surface area contributed by atoms with Gasteiger partial charge in [-0.2, -0.15) is 0 Å². The van der Waals surface area contributed by atoms with Crippen LogP contribution in [0.2, 0.25) is 0 Å². The maximum absolute atomic E-state index is 8.21. The van der Waals surface area contributed by atoms with E-state index in [4.69, 9.17) is 5.41 Å². The Hall–Kier alpha value is -2.43. The molecule has 0 bridgehead atoms. The van der Waals surface area contributed by atoms with Gasteiger partial charge in [-0.3, -0.25) is 10.3 Å². The first kappa shape index (κ1) is 17.0. The highest BCUT2D eigenvalue weighted by atomic mass is 32.1. The van der Waals surface area contributed by atoms with Gasteiger partial charge >= 0.3 is 0 Å². The molecule has 3 nitrogen and oxygen atoms in total. The van der Waals surface area contributed by atoms with Crippen LogP contribution in [0.4, 0.5) is 5.69 Å². The fourth-order valence-electron chi connectivity index (χ4n) is 3.44. The van der Waals surface area contributed by atoms with E-state index in [1.807, 2.05) is 17.5 Å². The van der Waals surface area contributed by atoms with Gasteiger partial charge in [0.25, 0.3) is 0 Å². The molecule has 2 heterocycles. The van der Waals surface area contributed by atoms with Crippen molar-refractivity contribution in [3.8, 4) is 0 Å². The van der Waals surface area contributed by atoms with Crippen LogP contribution in [0.1, 0.15) is 21.6 Å². The number of hydrogen-bond donors (Lipinski definition) is 2. The lowest BCUT2D eigenvalue weighted by molar-refractivity contribution is 0.257. The molecule has 0 atom stereocenters. The molecule has 3 aromatic rings. The zero-order valence-corrected chi connectivity index (χ0v) is 15.6. The van der Waals surface area contributed by atoms with Gasteiger partial charge in [0.2, 0.25) is 0 Å². The van der Waals surface area contributed by atoms with Gasteiger partial charge in [-0.05, 0) is 53.1 Å². The van der Waals surface area contributed by atoms with E-state index in [0.29, 0.717) is 5.84 Å². The Kier molecular flexibility index (Phi) is 5.14. The molecule has 4 rings (SSSR count). The molecule has 0 spiro atoms. The van der Waals surface area contributed by atoms with E-state index < -0.39 is 0 Å². The van der Waals surface area contributed by atoms with Crippen molar-refractivity contribution in [1.29, 1.82) is 5.41 Å². The second-order valence-electron chi connectivity index (χ2n) is 6.72. The summed E-state index contributed by atoms with van der Waals surface area (Å²) in [6.07, 6.45) is 2.20. The molecular formula is C22H23N3S. The monoisotopic (exact) mass is 361 g/mol. The van der Waals surface area contributed by atoms with Gasteiger partial charge in [-0.15, -0.1) is 11.3 Å². The minimum Gasteiger partial charge on any atom is -0.340 e. The Balaban J connectivity index is 1.40. The van der Waals surface area contributed by atoms with Crippen molar-refractivity contribution in [3.63, 3.8) is 0 Å². The molecule has 132 valence electrons. The summed E-state index contributed by atoms with van der Waals surface area (Å²) in [5.41, 5.74) is 5.23. The Morgan fingerprint density at radius 2 is 1.92 bits per heavy atom. The number of rotatable bonds is 5. The second kappa shape index (κ2) is 7.85. The largest absolute Gasteiger partial charge is 0.340 e. The molecule has 0 radical (unpaired) electrons. The summed E-state index contributed by atoms with van der Waals surface area (Å²) in [6, 6.07) is 21.2. The van der Waals surface area contributed by atoms with Crippen molar-refractivity contribution in [3.05, 3.63) is 87.6 Å². The molecule has 1 aromatic heterocycles. The van der Waals surface area contributed by atoms with Gasteiger partial charge in [0.05, 0.1) is 4.88 Å². The van der Waals surface area contributed by atoms with Gasteiger partial charge in [0, 0.05) is 25.3 Å². The summed E-state index contributed by atoms with van der Waals surface area (Å²) < 4.78 is 0. The molecule has 0 fully saturated rings. The SMILES string of the molecule is N=C(Nc1ccc2c(c1)CN(CCc1ccccc1)CC2)c1cccs1. The third-order valence-electron chi connectivity index (χ3n) is 4.89. The predicted octanol–water partition coefficient (Wildman–Crippen LogP) is 4.79. The lowest BCUT2D eigenvalue weighted by Gasteiger charge is -2.29. The number of fused-ring (bicyclic) bond motifs is 1. The third-order valence-corrected chi connectivity index (χ3v) is 5.78. The number of nitrogens with one attached hydrogen (secondary N) is 2. The molecule has 4 heteroatoms. The maximum Gasteiger partial charge on any atom is 0.140 e. The average Bonchev–Trinajstić information content (AvgIpc) is 3.22. The van der Waals surface area contributed by atoms with Gasteiger partial charge in [-0.1, -0.05) is 42.5 Å². The normalized spacial score (nSPS) is 14.0. The first-order valence-corrected chi connectivity index (χ1v) is 9.93. The fraction of sp³-hybridized carbons (Fsp3) is 0.227. The van der Waals surface area contributed by atoms with Crippen molar-refractivity contribution in [1.82, 2.24) is 4.90 Å². The highest BCUT2D eigenvalue weighted by Gasteiger charge is 2.16. The molecule has 0 aliphatic carbocycles. The van der Waals surface area contributed by atoms with E-state index >= 15 is 0 Å². The van der Waals surface area contributed by atoms with Crippen LogP contribution in [0.25, 0.3) is 0 Å². The Morgan fingerprint density at radius 3 is 2.73 bits per heavy atom. The quantitative estimate of drug-likeness (QED) is 0.507. The Bertz CT molecular complexity index is 872. The zero-order chi connectivity index (χ0) is 17.8. The second-order valence-corrected chi connectivity index (χ2v) is 7.67. The summed E-state index contributed by atoms with van der Waals surface area (Å²) in [5, 5.41) is 13.5. The van der Waals surface area contributed by atoms with Crippen LogP contribution in [0.15, 0.2) is 66.0 Å². The minimum absolute atomic E-state index is 0.469. The summed E-state index contributed by atoms with van der Waals surface area (Å²) in [4.78, 5) is 3.50. The van der Waals surface area contributed by atoms with Gasteiger partial charge in [0.1, 0.15) is 5.84 Å². The van der Waals surface area contributed by atoms with E-state index in [-0.39, 0.29) is 0 Å². The molecule has 2 aromatic carbocycles. The lowest BCUT2D eigenvalue weighted by Crippen LogP contribution is -2.32. The van der Waals surface area contributed by atoms with E-state index in [9.17, 15) is 0 Å². The predicted molar refractivity (Wildman–Crippen MR) is 110 cm³/mol. The standard InChI is InChI=1S/C22H23N3S/c23-22(21-7-4-14-26-21)24-20-9-8-18-11-13-25(16-19(18)15-20)12-10-17-5-2-1-3-6-17/h1-9,14-15H,10-13,16H2,(H2,23,24). The van der Waals surface area contributed by atoms with Crippen molar-refractivity contribution in [2.45, 2.75) is 19.4 Å². The number of thiophene rings is 1. The minimum atomic E-state index is 0.469. The molecule has 0 saturated carbocycles. The van der Waals surface area contributed by atoms with Crippen LogP contribution >= 0.6 is 11.3 Å². The first-order valence-electron chi connectivity index (χ1n) is 9.05. The van der Waals surface area contributed by atoms with Crippen molar-refractivity contribution in [2.75, 3.05) is 18.4 Å². The molecule has 0 unspecified atom stereocenters. The van der Waals surface area contributed by atoms with Crippen LogP contribution in [-0.4, -0.2) is 23.8 Å². The highest BCUT2D eigenvalue weighted by Crippen LogP contribution is 2.23. The summed E-state index contributed by atoms with van der Waals surface area (Å²) in [7, 11) is 0. The molecule has 26 heavy (non-hydrogen) atoms. The van der Waals surface area contributed by atoms with Gasteiger partial charge < -0.3 is 5.32 Å². The number of benzene rings is 2. The Labute approximate surface area is 158 Å². The van der Waals surface area contributed by atoms with Crippen LogP contribution in [0.3, 0.4) is 0 Å². The van der Waals surface area contributed by atoms with Crippen LogP contribution in [-0.2, 0) is 19.4 Å². The van der Waals surface area contributed by atoms with Crippen LogP contribution in [0.5, 0.6) is 0 Å². The van der Waals surface area contributed by atoms with E-state index in [1.165, 1.54) is 16.7 Å². The molecular weight excluding hydrogens is 338 g/mol. The fourth-order valence-corrected chi connectivity index (χ4v) is 4.07.